The van der Waals surface area contributed by atoms with Gasteiger partial charge < -0.3 is 0 Å². The van der Waals surface area contributed by atoms with Gasteiger partial charge in [0.1, 0.15) is 0 Å². The van der Waals surface area contributed by atoms with Crippen molar-refractivity contribution in [2.24, 2.45) is 0 Å². The van der Waals surface area contributed by atoms with E-state index >= 15 is 0 Å². The van der Waals surface area contributed by atoms with Gasteiger partial charge in [0.25, 0.3) is 0 Å². The number of rotatable bonds is 3. The molecule has 1 saturated heterocycles. The quantitative estimate of drug-likeness (QED) is 0.625. The van der Waals surface area contributed by atoms with Gasteiger partial charge in [0.05, 0.1) is 5.56 Å². The van der Waals surface area contributed by atoms with Crippen molar-refractivity contribution in [1.82, 2.24) is 4.90 Å². The van der Waals surface area contributed by atoms with E-state index in [9.17, 15) is 4.79 Å². The molecule has 86 valence electrons. The Labute approximate surface area is 94.4 Å². The molecule has 0 spiro atoms. The molecule has 0 bridgehead atoms. The van der Waals surface area contributed by atoms with Crippen LogP contribution in [0.15, 0.2) is 24.3 Å². The second-order valence-electron chi connectivity index (χ2n) is 4.06. The van der Waals surface area contributed by atoms with E-state index in [1.807, 2.05) is 12.1 Å². The van der Waals surface area contributed by atoms with Crippen LogP contribution in [0.25, 0.3) is 0 Å². The highest BCUT2D eigenvalue weighted by Gasteiger charge is 2.12. The van der Waals surface area contributed by atoms with Gasteiger partial charge in [0.15, 0.2) is 0 Å². The number of carbonyl (C=O) groups is 1. The molecule has 1 fully saturated rings. The molecule has 4 heteroatoms. The lowest BCUT2D eigenvalue weighted by Crippen LogP contribution is -2.18. The van der Waals surface area contributed by atoms with E-state index in [4.69, 9.17) is 5.26 Å². The van der Waals surface area contributed by atoms with Gasteiger partial charge >= 0.3 is 5.97 Å². The molecule has 4 nitrogen and oxygen atoms in total. The van der Waals surface area contributed by atoms with Gasteiger partial charge in [-0.1, -0.05) is 12.1 Å². The van der Waals surface area contributed by atoms with Crippen molar-refractivity contribution in [3.63, 3.8) is 0 Å². The van der Waals surface area contributed by atoms with Crippen LogP contribution in [0.1, 0.15) is 28.8 Å². The molecule has 0 aromatic heterocycles. The molecule has 1 aliphatic rings. The first-order chi connectivity index (χ1) is 7.79. The van der Waals surface area contributed by atoms with E-state index in [2.05, 4.69) is 9.79 Å². The fourth-order valence-corrected chi connectivity index (χ4v) is 2.00. The molecule has 0 radical (unpaired) electrons. The van der Waals surface area contributed by atoms with Crippen molar-refractivity contribution in [1.29, 1.82) is 0 Å². The van der Waals surface area contributed by atoms with Crippen LogP contribution in [0.3, 0.4) is 0 Å². The van der Waals surface area contributed by atoms with Crippen molar-refractivity contribution >= 4 is 5.97 Å². The van der Waals surface area contributed by atoms with Crippen LogP contribution < -0.4 is 0 Å². The zero-order valence-electron chi connectivity index (χ0n) is 9.06. The molecular formula is C12H15NO3. The van der Waals surface area contributed by atoms with E-state index in [1.54, 1.807) is 12.1 Å². The first-order valence-electron chi connectivity index (χ1n) is 5.46. The maximum Gasteiger partial charge on any atom is 0.372 e. The molecule has 1 N–H and O–H groups in total. The average molecular weight is 221 g/mol. The lowest BCUT2D eigenvalue weighted by Gasteiger charge is -2.14. The van der Waals surface area contributed by atoms with Crippen LogP contribution in [0.2, 0.25) is 0 Å². The third-order valence-corrected chi connectivity index (χ3v) is 2.88. The van der Waals surface area contributed by atoms with Crippen molar-refractivity contribution in [2.45, 2.75) is 19.4 Å². The lowest BCUT2D eigenvalue weighted by molar-refractivity contribution is -0.182. The largest absolute Gasteiger partial charge is 0.372 e. The number of likely N-dealkylation sites (tertiary alicyclic amines) is 1. The highest BCUT2D eigenvalue weighted by Crippen LogP contribution is 2.13. The summed E-state index contributed by atoms with van der Waals surface area (Å²) in [7, 11) is 0. The molecule has 1 aromatic carbocycles. The van der Waals surface area contributed by atoms with Crippen LogP contribution >= 0.6 is 0 Å². The van der Waals surface area contributed by atoms with Gasteiger partial charge in [-0.05, 0) is 43.6 Å². The summed E-state index contributed by atoms with van der Waals surface area (Å²) >= 11 is 0. The fraction of sp³-hybridized carbons (Fsp3) is 0.417. The highest BCUT2D eigenvalue weighted by molar-refractivity contribution is 5.88. The zero-order chi connectivity index (χ0) is 11.4. The predicted octanol–water partition coefficient (Wildman–Crippen LogP) is 1.91. The SMILES string of the molecule is O=C(OO)c1ccc(CN2CCCC2)cc1. The van der Waals surface area contributed by atoms with E-state index in [-0.39, 0.29) is 0 Å². The second kappa shape index (κ2) is 5.09. The second-order valence-corrected chi connectivity index (χ2v) is 4.06. The van der Waals surface area contributed by atoms with E-state index in [0.717, 1.165) is 19.6 Å². The minimum absolute atomic E-state index is 0.368. The van der Waals surface area contributed by atoms with Crippen molar-refractivity contribution in [3.8, 4) is 0 Å². The molecule has 1 aromatic rings. The third kappa shape index (κ3) is 2.59. The molecule has 0 atom stereocenters. The van der Waals surface area contributed by atoms with Gasteiger partial charge in [0, 0.05) is 6.54 Å². The summed E-state index contributed by atoms with van der Waals surface area (Å²) in [5.41, 5.74) is 1.55. The normalized spacial score (nSPS) is 16.3. The number of benzene rings is 1. The topological polar surface area (TPSA) is 49.8 Å². The molecule has 0 saturated carbocycles. The molecule has 0 aliphatic carbocycles. The van der Waals surface area contributed by atoms with Crippen LogP contribution in [-0.4, -0.2) is 29.2 Å². The monoisotopic (exact) mass is 221 g/mol. The number of carbonyl (C=O) groups excluding carboxylic acids is 1. The van der Waals surface area contributed by atoms with Crippen LogP contribution in [0.5, 0.6) is 0 Å². The van der Waals surface area contributed by atoms with E-state index < -0.39 is 5.97 Å². The number of hydrogen-bond acceptors (Lipinski definition) is 4. The van der Waals surface area contributed by atoms with Gasteiger partial charge in [-0.25, -0.2) is 4.79 Å². The summed E-state index contributed by atoms with van der Waals surface area (Å²) < 4.78 is 0. The summed E-state index contributed by atoms with van der Waals surface area (Å²) in [5.74, 6) is -0.715. The van der Waals surface area contributed by atoms with Gasteiger partial charge in [-0.15, -0.1) is 0 Å². The molecule has 0 unspecified atom stereocenters. The van der Waals surface area contributed by atoms with Crippen molar-refractivity contribution < 1.29 is 14.9 Å². The van der Waals surface area contributed by atoms with Crippen molar-refractivity contribution in [2.75, 3.05) is 13.1 Å². The Morgan fingerprint density at radius 2 is 1.88 bits per heavy atom. The first kappa shape index (κ1) is 11.1. The maximum absolute atomic E-state index is 11.0. The van der Waals surface area contributed by atoms with Crippen LogP contribution in [-0.2, 0) is 11.4 Å². The van der Waals surface area contributed by atoms with Gasteiger partial charge in [-0.2, -0.15) is 5.26 Å². The minimum Gasteiger partial charge on any atom is -0.299 e. The van der Waals surface area contributed by atoms with E-state index in [1.165, 1.54) is 18.4 Å². The Morgan fingerprint density at radius 1 is 1.25 bits per heavy atom. The van der Waals surface area contributed by atoms with Crippen LogP contribution in [0.4, 0.5) is 0 Å². The summed E-state index contributed by atoms with van der Waals surface area (Å²) in [4.78, 5) is 17.0. The Kier molecular flexibility index (Phi) is 3.54. The smallest absolute Gasteiger partial charge is 0.299 e. The maximum atomic E-state index is 11.0. The fourth-order valence-electron chi connectivity index (χ4n) is 2.00. The lowest BCUT2D eigenvalue weighted by atomic mass is 10.1. The van der Waals surface area contributed by atoms with Crippen molar-refractivity contribution in [3.05, 3.63) is 35.4 Å². The Hall–Kier alpha value is -1.39. The summed E-state index contributed by atoms with van der Waals surface area (Å²) in [6, 6.07) is 7.13. The average Bonchev–Trinajstić information content (AvgIpc) is 2.82. The third-order valence-electron chi connectivity index (χ3n) is 2.88. The standard InChI is InChI=1S/C12H15NO3/c14-12(16-15)11-5-3-10(4-6-11)9-13-7-1-2-8-13/h3-6,15H,1-2,7-9H2. The molecule has 16 heavy (non-hydrogen) atoms. The molecular weight excluding hydrogens is 206 g/mol. The molecule has 1 aliphatic heterocycles. The Balaban J connectivity index is 1.98. The van der Waals surface area contributed by atoms with Gasteiger partial charge in [0.2, 0.25) is 0 Å². The molecule has 2 rings (SSSR count). The van der Waals surface area contributed by atoms with Gasteiger partial charge in [-0.3, -0.25) is 9.79 Å². The number of nitrogens with zero attached hydrogens (tertiary/aromatic N) is 1. The first-order valence-corrected chi connectivity index (χ1v) is 5.46. The summed E-state index contributed by atoms with van der Waals surface area (Å²) in [5, 5.41) is 8.23. The highest BCUT2D eigenvalue weighted by atomic mass is 17.1. The Morgan fingerprint density at radius 3 is 2.44 bits per heavy atom. The summed E-state index contributed by atoms with van der Waals surface area (Å²) in [6.07, 6.45) is 2.55. The minimum atomic E-state index is -0.715. The van der Waals surface area contributed by atoms with Crippen LogP contribution in [0, 0.1) is 0 Å². The number of hydrogen-bond donors (Lipinski definition) is 1. The molecule has 1 heterocycles. The summed E-state index contributed by atoms with van der Waals surface area (Å²) in [6.45, 7) is 3.23. The predicted molar refractivity (Wildman–Crippen MR) is 59.0 cm³/mol. The molecule has 0 amide bonds. The van der Waals surface area contributed by atoms with E-state index in [0.29, 0.717) is 5.56 Å². The Bertz CT molecular complexity index is 355. The zero-order valence-corrected chi connectivity index (χ0v) is 9.06.